The van der Waals surface area contributed by atoms with Crippen LogP contribution in [0.1, 0.15) is 59.4 Å². The molecular formula is C16H32N4. The average molecular weight is 280 g/mol. The van der Waals surface area contributed by atoms with Gasteiger partial charge in [0.15, 0.2) is 0 Å². The number of rotatable bonds is 7. The molecule has 3 N–H and O–H groups in total. The SMILES string of the molecule is CCc1cc(CC(CC(C)C(C)(C)C)NN)n(CC)n1. The summed E-state index contributed by atoms with van der Waals surface area (Å²) in [6.45, 7) is 14.4. The third kappa shape index (κ3) is 4.60. The Morgan fingerprint density at radius 3 is 2.45 bits per heavy atom. The van der Waals surface area contributed by atoms with E-state index in [0.29, 0.717) is 17.4 Å². The van der Waals surface area contributed by atoms with Crippen molar-refractivity contribution >= 4 is 0 Å². The molecule has 4 nitrogen and oxygen atoms in total. The monoisotopic (exact) mass is 280 g/mol. The van der Waals surface area contributed by atoms with E-state index in [2.05, 4.69) is 62.8 Å². The largest absolute Gasteiger partial charge is 0.271 e. The van der Waals surface area contributed by atoms with Crippen molar-refractivity contribution in [3.8, 4) is 0 Å². The number of hydrogen-bond donors (Lipinski definition) is 2. The van der Waals surface area contributed by atoms with E-state index in [1.54, 1.807) is 0 Å². The minimum absolute atomic E-state index is 0.302. The highest BCUT2D eigenvalue weighted by Gasteiger charge is 2.24. The van der Waals surface area contributed by atoms with Gasteiger partial charge in [-0.3, -0.25) is 16.0 Å². The standard InChI is InChI=1S/C16H32N4/c1-7-13-10-15(20(8-2)19-13)11-14(18-17)9-12(3)16(4,5)6/h10,12,14,18H,7-9,11,17H2,1-6H3. The van der Waals surface area contributed by atoms with Crippen LogP contribution in [0.25, 0.3) is 0 Å². The Balaban J connectivity index is 2.75. The average Bonchev–Trinajstić information content (AvgIpc) is 2.78. The predicted molar refractivity (Wildman–Crippen MR) is 85.3 cm³/mol. The maximum atomic E-state index is 5.76. The highest BCUT2D eigenvalue weighted by molar-refractivity contribution is 5.12. The number of hydrazine groups is 1. The molecule has 0 saturated carbocycles. The number of aromatic nitrogens is 2. The van der Waals surface area contributed by atoms with Crippen LogP contribution >= 0.6 is 0 Å². The van der Waals surface area contributed by atoms with Crippen molar-refractivity contribution in [2.75, 3.05) is 0 Å². The van der Waals surface area contributed by atoms with E-state index in [0.717, 1.165) is 25.8 Å². The predicted octanol–water partition coefficient (Wildman–Crippen LogP) is 2.91. The van der Waals surface area contributed by atoms with E-state index in [-0.39, 0.29) is 0 Å². The molecule has 20 heavy (non-hydrogen) atoms. The second-order valence-electron chi connectivity index (χ2n) is 6.87. The summed E-state index contributed by atoms with van der Waals surface area (Å²) in [5.74, 6) is 6.38. The molecule has 0 radical (unpaired) electrons. The molecule has 0 aromatic carbocycles. The molecule has 4 heteroatoms. The summed E-state index contributed by atoms with van der Waals surface area (Å²) in [6.07, 6.45) is 3.01. The normalized spacial score (nSPS) is 15.3. The number of nitrogens with two attached hydrogens (primary N) is 1. The molecule has 0 spiro atoms. The lowest BCUT2D eigenvalue weighted by molar-refractivity contribution is 0.221. The van der Waals surface area contributed by atoms with Gasteiger partial charge in [0, 0.05) is 24.7 Å². The summed E-state index contributed by atoms with van der Waals surface area (Å²) in [5.41, 5.74) is 5.76. The zero-order valence-electron chi connectivity index (χ0n) is 14.0. The smallest absolute Gasteiger partial charge is 0.0624 e. The molecule has 0 bridgehead atoms. The second kappa shape index (κ2) is 7.23. The molecule has 0 aliphatic carbocycles. The van der Waals surface area contributed by atoms with Crippen molar-refractivity contribution in [3.63, 3.8) is 0 Å². The van der Waals surface area contributed by atoms with Crippen LogP contribution in [-0.2, 0) is 19.4 Å². The molecule has 1 rings (SSSR count). The van der Waals surface area contributed by atoms with Gasteiger partial charge in [-0.25, -0.2) is 0 Å². The molecule has 0 saturated heterocycles. The van der Waals surface area contributed by atoms with E-state index in [9.17, 15) is 0 Å². The summed E-state index contributed by atoms with van der Waals surface area (Å²) in [7, 11) is 0. The maximum Gasteiger partial charge on any atom is 0.0624 e. The zero-order chi connectivity index (χ0) is 15.3. The summed E-state index contributed by atoms with van der Waals surface area (Å²) >= 11 is 0. The first-order chi connectivity index (χ1) is 9.31. The molecule has 2 unspecified atom stereocenters. The van der Waals surface area contributed by atoms with Gasteiger partial charge in [-0.1, -0.05) is 34.6 Å². The highest BCUT2D eigenvalue weighted by Crippen LogP contribution is 2.29. The van der Waals surface area contributed by atoms with E-state index >= 15 is 0 Å². The quantitative estimate of drug-likeness (QED) is 0.596. The van der Waals surface area contributed by atoms with Gasteiger partial charge in [-0.15, -0.1) is 0 Å². The van der Waals surface area contributed by atoms with Gasteiger partial charge >= 0.3 is 0 Å². The summed E-state index contributed by atoms with van der Waals surface area (Å²) in [4.78, 5) is 0. The van der Waals surface area contributed by atoms with Gasteiger partial charge in [0.1, 0.15) is 0 Å². The first-order valence-electron chi connectivity index (χ1n) is 7.83. The van der Waals surface area contributed by atoms with Gasteiger partial charge in [0.25, 0.3) is 0 Å². The van der Waals surface area contributed by atoms with E-state index in [1.807, 2.05) is 0 Å². The molecule has 116 valence electrons. The number of nitrogens with one attached hydrogen (secondary N) is 1. The van der Waals surface area contributed by atoms with Gasteiger partial charge in [0.2, 0.25) is 0 Å². The third-order valence-corrected chi connectivity index (χ3v) is 4.38. The van der Waals surface area contributed by atoms with Crippen LogP contribution < -0.4 is 11.3 Å². The van der Waals surface area contributed by atoms with Gasteiger partial charge in [0.05, 0.1) is 5.69 Å². The van der Waals surface area contributed by atoms with Crippen LogP contribution in [0.2, 0.25) is 0 Å². The Morgan fingerprint density at radius 1 is 1.35 bits per heavy atom. The van der Waals surface area contributed by atoms with Crippen LogP contribution in [0.15, 0.2) is 6.07 Å². The van der Waals surface area contributed by atoms with Crippen LogP contribution in [0.5, 0.6) is 0 Å². The van der Waals surface area contributed by atoms with Crippen LogP contribution in [0, 0.1) is 11.3 Å². The van der Waals surface area contributed by atoms with Crippen LogP contribution in [0.4, 0.5) is 0 Å². The molecule has 0 aliphatic heterocycles. The Morgan fingerprint density at radius 2 is 2.00 bits per heavy atom. The summed E-state index contributed by atoms with van der Waals surface area (Å²) in [6, 6.07) is 2.52. The van der Waals surface area contributed by atoms with Crippen molar-refractivity contribution in [2.45, 2.75) is 73.4 Å². The van der Waals surface area contributed by atoms with E-state index in [1.165, 1.54) is 11.4 Å². The lowest BCUT2D eigenvalue weighted by atomic mass is 9.78. The van der Waals surface area contributed by atoms with Crippen molar-refractivity contribution in [2.24, 2.45) is 17.2 Å². The van der Waals surface area contributed by atoms with Crippen molar-refractivity contribution in [1.82, 2.24) is 15.2 Å². The number of nitrogens with zero attached hydrogens (tertiary/aromatic N) is 2. The lowest BCUT2D eigenvalue weighted by Gasteiger charge is -2.30. The van der Waals surface area contributed by atoms with Gasteiger partial charge in [-0.05, 0) is 37.2 Å². The minimum atomic E-state index is 0.302. The topological polar surface area (TPSA) is 55.9 Å². The Labute approximate surface area is 124 Å². The molecule has 0 aliphatic rings. The number of hydrogen-bond acceptors (Lipinski definition) is 3. The molecule has 0 amide bonds. The second-order valence-corrected chi connectivity index (χ2v) is 6.87. The maximum absolute atomic E-state index is 5.76. The van der Waals surface area contributed by atoms with Crippen molar-refractivity contribution < 1.29 is 0 Å². The number of aryl methyl sites for hydroxylation is 2. The fraction of sp³-hybridized carbons (Fsp3) is 0.812. The van der Waals surface area contributed by atoms with E-state index < -0.39 is 0 Å². The fourth-order valence-corrected chi connectivity index (χ4v) is 2.37. The Bertz CT molecular complexity index is 403. The van der Waals surface area contributed by atoms with Gasteiger partial charge in [-0.2, -0.15) is 5.10 Å². The molecule has 1 heterocycles. The summed E-state index contributed by atoms with van der Waals surface area (Å²) in [5, 5.41) is 4.61. The van der Waals surface area contributed by atoms with Crippen molar-refractivity contribution in [1.29, 1.82) is 0 Å². The van der Waals surface area contributed by atoms with Gasteiger partial charge < -0.3 is 0 Å². The molecular weight excluding hydrogens is 248 g/mol. The first kappa shape index (κ1) is 17.2. The van der Waals surface area contributed by atoms with Crippen molar-refractivity contribution in [3.05, 3.63) is 17.5 Å². The molecule has 1 aromatic rings. The minimum Gasteiger partial charge on any atom is -0.271 e. The lowest BCUT2D eigenvalue weighted by Crippen LogP contribution is -2.40. The fourth-order valence-electron chi connectivity index (χ4n) is 2.37. The molecule has 1 aromatic heterocycles. The van der Waals surface area contributed by atoms with E-state index in [4.69, 9.17) is 5.84 Å². The highest BCUT2D eigenvalue weighted by atomic mass is 15.3. The summed E-state index contributed by atoms with van der Waals surface area (Å²) < 4.78 is 2.10. The van der Waals surface area contributed by atoms with Crippen LogP contribution in [0.3, 0.4) is 0 Å². The Hall–Kier alpha value is -0.870. The molecule has 0 fully saturated rings. The first-order valence-corrected chi connectivity index (χ1v) is 7.83. The molecule has 2 atom stereocenters. The third-order valence-electron chi connectivity index (χ3n) is 4.38. The Kier molecular flexibility index (Phi) is 6.21. The zero-order valence-corrected chi connectivity index (χ0v) is 14.0. The van der Waals surface area contributed by atoms with Crippen LogP contribution in [-0.4, -0.2) is 15.8 Å².